The summed E-state index contributed by atoms with van der Waals surface area (Å²) < 4.78 is 7.09. The van der Waals surface area contributed by atoms with Gasteiger partial charge in [0.05, 0.1) is 30.1 Å². The van der Waals surface area contributed by atoms with Crippen LogP contribution in [0.2, 0.25) is 0 Å². The van der Waals surface area contributed by atoms with Crippen LogP contribution in [-0.2, 0) is 6.54 Å². The summed E-state index contributed by atoms with van der Waals surface area (Å²) in [5.41, 5.74) is 2.59. The molecule has 3 aromatic rings. The molecular weight excluding hydrogens is 254 g/mol. The molecular formula is C15H13N3O2. The molecule has 0 aromatic carbocycles. The summed E-state index contributed by atoms with van der Waals surface area (Å²) in [7, 11) is 0. The quantitative estimate of drug-likeness (QED) is 0.731. The van der Waals surface area contributed by atoms with Crippen molar-refractivity contribution in [1.82, 2.24) is 14.5 Å². The highest BCUT2D eigenvalue weighted by molar-refractivity contribution is 5.77. The zero-order valence-corrected chi connectivity index (χ0v) is 10.8. The lowest BCUT2D eigenvalue weighted by atomic mass is 10.2. The largest absolute Gasteiger partial charge is 0.472 e. The van der Waals surface area contributed by atoms with E-state index in [4.69, 9.17) is 4.42 Å². The maximum Gasteiger partial charge on any atom is 0.299 e. The third-order valence-corrected chi connectivity index (χ3v) is 3.67. The topological polar surface area (TPSA) is 60.9 Å². The maximum absolute atomic E-state index is 11.9. The van der Waals surface area contributed by atoms with Crippen molar-refractivity contribution in [3.05, 3.63) is 47.4 Å². The van der Waals surface area contributed by atoms with Gasteiger partial charge in [0.2, 0.25) is 0 Å². The molecule has 3 heterocycles. The fraction of sp³-hybridized carbons (Fsp3) is 0.267. The van der Waals surface area contributed by atoms with E-state index in [9.17, 15) is 4.79 Å². The normalized spacial score (nSPS) is 14.8. The van der Waals surface area contributed by atoms with Crippen molar-refractivity contribution >= 4 is 11.0 Å². The molecule has 0 unspecified atom stereocenters. The average molecular weight is 267 g/mol. The van der Waals surface area contributed by atoms with Crippen LogP contribution in [0, 0.1) is 5.92 Å². The van der Waals surface area contributed by atoms with Crippen LogP contribution in [0.25, 0.3) is 22.3 Å². The summed E-state index contributed by atoms with van der Waals surface area (Å²) in [6.07, 6.45) is 7.35. The van der Waals surface area contributed by atoms with E-state index in [-0.39, 0.29) is 5.56 Å². The summed E-state index contributed by atoms with van der Waals surface area (Å²) in [5, 5.41) is 0. The van der Waals surface area contributed by atoms with Gasteiger partial charge in [-0.05, 0) is 37.0 Å². The van der Waals surface area contributed by atoms with Crippen molar-refractivity contribution in [2.45, 2.75) is 19.4 Å². The zero-order chi connectivity index (χ0) is 13.5. The van der Waals surface area contributed by atoms with Gasteiger partial charge in [-0.1, -0.05) is 0 Å². The summed E-state index contributed by atoms with van der Waals surface area (Å²) in [5.74, 6) is 0.719. The van der Waals surface area contributed by atoms with Gasteiger partial charge in [0.15, 0.2) is 5.52 Å². The molecule has 5 nitrogen and oxygen atoms in total. The highest BCUT2D eigenvalue weighted by atomic mass is 16.3. The fourth-order valence-electron chi connectivity index (χ4n) is 2.38. The number of aromatic nitrogens is 3. The minimum atomic E-state index is -0.280. The van der Waals surface area contributed by atoms with Gasteiger partial charge in [-0.15, -0.1) is 0 Å². The van der Waals surface area contributed by atoms with Crippen LogP contribution in [0.15, 0.2) is 46.3 Å². The predicted molar refractivity (Wildman–Crippen MR) is 74.2 cm³/mol. The van der Waals surface area contributed by atoms with Gasteiger partial charge in [-0.3, -0.25) is 4.79 Å². The van der Waals surface area contributed by atoms with Crippen LogP contribution in [-0.4, -0.2) is 14.5 Å². The first-order chi connectivity index (χ1) is 9.81. The molecule has 0 aliphatic heterocycles. The molecule has 0 atom stereocenters. The van der Waals surface area contributed by atoms with Crippen molar-refractivity contribution in [1.29, 1.82) is 0 Å². The van der Waals surface area contributed by atoms with E-state index in [1.54, 1.807) is 18.9 Å². The van der Waals surface area contributed by atoms with Gasteiger partial charge < -0.3 is 8.98 Å². The first-order valence-electron chi connectivity index (χ1n) is 6.70. The Morgan fingerprint density at radius 3 is 2.95 bits per heavy atom. The Morgan fingerprint density at radius 1 is 1.30 bits per heavy atom. The Hall–Kier alpha value is -2.43. The molecule has 100 valence electrons. The fourth-order valence-corrected chi connectivity index (χ4v) is 2.38. The molecule has 0 radical (unpaired) electrons. The Labute approximate surface area is 114 Å². The van der Waals surface area contributed by atoms with Crippen LogP contribution in [0.3, 0.4) is 0 Å². The molecule has 5 heteroatoms. The molecule has 4 rings (SSSR count). The second kappa shape index (κ2) is 4.30. The maximum atomic E-state index is 11.9. The average Bonchev–Trinajstić information content (AvgIpc) is 3.12. The van der Waals surface area contributed by atoms with Crippen LogP contribution in [0.4, 0.5) is 0 Å². The number of rotatable bonds is 3. The number of pyridine rings is 1. The van der Waals surface area contributed by atoms with Gasteiger partial charge in [0.25, 0.3) is 5.56 Å². The van der Waals surface area contributed by atoms with E-state index >= 15 is 0 Å². The van der Waals surface area contributed by atoms with Gasteiger partial charge in [-0.2, -0.15) is 4.98 Å². The molecule has 3 aromatic heterocycles. The van der Waals surface area contributed by atoms with Crippen molar-refractivity contribution < 1.29 is 4.42 Å². The zero-order valence-electron chi connectivity index (χ0n) is 10.8. The van der Waals surface area contributed by atoms with Crippen molar-refractivity contribution in [2.24, 2.45) is 5.92 Å². The van der Waals surface area contributed by atoms with Crippen LogP contribution < -0.4 is 5.56 Å². The minimum Gasteiger partial charge on any atom is -0.472 e. The minimum absolute atomic E-state index is 0.280. The Balaban J connectivity index is 1.89. The van der Waals surface area contributed by atoms with Crippen molar-refractivity contribution in [2.75, 3.05) is 0 Å². The lowest BCUT2D eigenvalue weighted by molar-refractivity contribution is 0.568. The molecule has 1 aliphatic carbocycles. The third-order valence-electron chi connectivity index (χ3n) is 3.67. The summed E-state index contributed by atoms with van der Waals surface area (Å²) >= 11 is 0. The molecule has 0 N–H and O–H groups in total. The molecule has 1 fully saturated rings. The van der Waals surface area contributed by atoms with Crippen molar-refractivity contribution in [3.8, 4) is 11.3 Å². The summed E-state index contributed by atoms with van der Waals surface area (Å²) in [4.78, 5) is 20.3. The monoisotopic (exact) mass is 267 g/mol. The summed E-state index contributed by atoms with van der Waals surface area (Å²) in [6.45, 7) is 0.913. The second-order valence-electron chi connectivity index (χ2n) is 5.22. The highest BCUT2D eigenvalue weighted by Gasteiger charge is 2.22. The van der Waals surface area contributed by atoms with E-state index in [1.165, 1.54) is 12.8 Å². The van der Waals surface area contributed by atoms with E-state index < -0.39 is 0 Å². The highest BCUT2D eigenvalue weighted by Crippen LogP contribution is 2.31. The van der Waals surface area contributed by atoms with Crippen LogP contribution >= 0.6 is 0 Å². The van der Waals surface area contributed by atoms with Gasteiger partial charge >= 0.3 is 0 Å². The van der Waals surface area contributed by atoms with Gasteiger partial charge in [0.1, 0.15) is 0 Å². The molecule has 1 aliphatic rings. The van der Waals surface area contributed by atoms with Crippen molar-refractivity contribution in [3.63, 3.8) is 0 Å². The molecule has 0 bridgehead atoms. The van der Waals surface area contributed by atoms with Gasteiger partial charge in [-0.25, -0.2) is 4.98 Å². The number of furan rings is 1. The number of hydrogen-bond acceptors (Lipinski definition) is 4. The molecule has 20 heavy (non-hydrogen) atoms. The first-order valence-corrected chi connectivity index (χ1v) is 6.70. The van der Waals surface area contributed by atoms with E-state index in [0.29, 0.717) is 5.52 Å². The predicted octanol–water partition coefficient (Wildman–Crippen LogP) is 2.46. The van der Waals surface area contributed by atoms with E-state index in [2.05, 4.69) is 9.97 Å². The molecule has 0 spiro atoms. The first kappa shape index (κ1) is 11.4. The molecule has 0 saturated heterocycles. The van der Waals surface area contributed by atoms with Crippen LogP contribution in [0.1, 0.15) is 12.8 Å². The van der Waals surface area contributed by atoms with E-state index in [1.807, 2.05) is 22.8 Å². The Bertz CT molecular complexity index is 817. The smallest absolute Gasteiger partial charge is 0.299 e. The molecule has 0 amide bonds. The standard InChI is InChI=1S/C15H13N3O2/c19-15-14-13(18(9-16-15)7-10-1-2-10)4-3-12(17-14)11-5-6-20-8-11/h3-6,8-10H,1-2,7H2. The SMILES string of the molecule is O=c1ncn(CC2CC2)c2ccc(-c3ccoc3)nc12. The third kappa shape index (κ3) is 1.91. The summed E-state index contributed by atoms with van der Waals surface area (Å²) in [6, 6.07) is 5.68. The number of fused-ring (bicyclic) bond motifs is 1. The number of nitrogens with zero attached hydrogens (tertiary/aromatic N) is 3. The Morgan fingerprint density at radius 2 is 2.20 bits per heavy atom. The second-order valence-corrected chi connectivity index (χ2v) is 5.22. The van der Waals surface area contributed by atoms with Gasteiger partial charge in [0, 0.05) is 12.1 Å². The Kier molecular flexibility index (Phi) is 2.45. The molecule has 1 saturated carbocycles. The number of hydrogen-bond donors (Lipinski definition) is 0. The van der Waals surface area contributed by atoms with E-state index in [0.717, 1.165) is 29.2 Å². The lowest BCUT2D eigenvalue weighted by Gasteiger charge is -2.09. The lowest BCUT2D eigenvalue weighted by Crippen LogP contribution is -2.14. The van der Waals surface area contributed by atoms with Crippen LogP contribution in [0.5, 0.6) is 0 Å².